The van der Waals surface area contributed by atoms with Gasteiger partial charge in [-0.25, -0.2) is 0 Å². The Bertz CT molecular complexity index is 1430. The molecule has 4 atom stereocenters. The number of ether oxygens (including phenoxy) is 1. The quantitative estimate of drug-likeness (QED) is 0.386. The number of aliphatic carboxylic acids is 1. The van der Waals surface area contributed by atoms with Crippen molar-refractivity contribution >= 4 is 75.6 Å². The lowest BCUT2D eigenvalue weighted by molar-refractivity contribution is -0.152. The zero-order valence-electron chi connectivity index (χ0n) is 19.7. The van der Waals surface area contributed by atoms with Gasteiger partial charge in [-0.05, 0) is 48.9 Å². The fraction of sp³-hybridized carbons (Fsp3) is 0.400. The number of fused-ring (bicyclic) bond motifs is 4. The van der Waals surface area contributed by atoms with Crippen LogP contribution in [-0.4, -0.2) is 47.0 Å². The van der Waals surface area contributed by atoms with Crippen LogP contribution in [0.15, 0.2) is 24.3 Å². The molecule has 1 aliphatic carbocycles. The summed E-state index contributed by atoms with van der Waals surface area (Å²) in [7, 11) is 0. The number of benzene rings is 2. The predicted octanol–water partition coefficient (Wildman–Crippen LogP) is 5.87. The zero-order chi connectivity index (χ0) is 28.0. The normalized spacial score (nSPS) is 28.1. The van der Waals surface area contributed by atoms with Crippen LogP contribution >= 0.6 is 46.4 Å². The predicted molar refractivity (Wildman–Crippen MR) is 140 cm³/mol. The number of anilines is 2. The number of nitrogens with one attached hydrogen (secondary N) is 2. The largest absolute Gasteiger partial charge is 0.481 e. The van der Waals surface area contributed by atoms with Gasteiger partial charge in [0.2, 0.25) is 5.91 Å². The van der Waals surface area contributed by atoms with Crippen molar-refractivity contribution in [2.24, 2.45) is 17.3 Å². The Labute approximate surface area is 240 Å². The number of rotatable bonds is 5. The summed E-state index contributed by atoms with van der Waals surface area (Å²) in [5, 5.41) is 15.7. The maximum Gasteiger partial charge on any atom is 0.387 e. The van der Waals surface area contributed by atoms with Gasteiger partial charge in [0, 0.05) is 28.9 Å². The first kappa shape index (κ1) is 26.8. The van der Waals surface area contributed by atoms with Gasteiger partial charge in [0.25, 0.3) is 5.91 Å². The average Bonchev–Trinajstić information content (AvgIpc) is 3.26. The molecular weight excluding hydrogens is 602 g/mol. The van der Waals surface area contributed by atoms with E-state index in [-0.39, 0.29) is 36.9 Å². The summed E-state index contributed by atoms with van der Waals surface area (Å²) in [5.74, 6) is -5.75. The van der Waals surface area contributed by atoms with E-state index in [1.807, 2.05) is 4.90 Å². The number of amides is 2. The molecular formula is C25H19Cl4F2N3O5. The first-order valence-corrected chi connectivity index (χ1v) is 13.4. The van der Waals surface area contributed by atoms with Crippen molar-refractivity contribution in [3.05, 3.63) is 49.9 Å². The number of hydrogen-bond acceptors (Lipinski definition) is 5. The van der Waals surface area contributed by atoms with E-state index >= 15 is 0 Å². The Morgan fingerprint density at radius 1 is 1.10 bits per heavy atom. The maximum atomic E-state index is 13.9. The lowest BCUT2D eigenvalue weighted by Crippen LogP contribution is -2.53. The molecule has 4 aliphatic rings. The van der Waals surface area contributed by atoms with E-state index in [0.29, 0.717) is 18.5 Å². The van der Waals surface area contributed by atoms with Gasteiger partial charge in [-0.15, -0.1) is 0 Å². The number of carbonyl (C=O) groups is 3. The van der Waals surface area contributed by atoms with Crippen LogP contribution in [0.1, 0.15) is 24.8 Å². The van der Waals surface area contributed by atoms with Crippen molar-refractivity contribution in [1.82, 2.24) is 4.90 Å². The standard InChI is InChI=1S/C25H19Cl4F2N3O5/c26-9-3-11-18(12(27)4-9)33-22(38)25(11)17(21(36)37)16(15-7-24(1-2-24)8-34(15)25)20(35)32-10-5-13(28)19(14(29)6-10)39-23(30)31/h3-6,15-17,23H,1-2,7-8H2,(H,32,35)(H,33,38)(H,36,37). The molecule has 206 valence electrons. The van der Waals surface area contributed by atoms with Crippen molar-refractivity contribution in [2.45, 2.75) is 37.5 Å². The highest BCUT2D eigenvalue weighted by Crippen LogP contribution is 2.66. The Morgan fingerprint density at radius 3 is 2.36 bits per heavy atom. The number of halogens is 6. The highest BCUT2D eigenvalue weighted by Gasteiger charge is 2.75. The van der Waals surface area contributed by atoms with Gasteiger partial charge in [0.15, 0.2) is 5.75 Å². The molecule has 3 heterocycles. The van der Waals surface area contributed by atoms with Crippen LogP contribution in [0.3, 0.4) is 0 Å². The minimum atomic E-state index is -3.17. The van der Waals surface area contributed by atoms with Crippen LogP contribution < -0.4 is 15.4 Å². The molecule has 3 aliphatic heterocycles. The summed E-state index contributed by atoms with van der Waals surface area (Å²) in [4.78, 5) is 42.4. The molecule has 3 fully saturated rings. The molecule has 3 N–H and O–H groups in total. The SMILES string of the molecule is O=C(Nc1cc(Cl)c(OC(F)F)c(Cl)c1)C1C2CC3(CC3)CN2C2(C(=O)Nc3c(Cl)cc(Cl)cc32)C1C(=O)O. The minimum Gasteiger partial charge on any atom is -0.481 e. The second kappa shape index (κ2) is 9.07. The minimum absolute atomic E-state index is 0.0507. The summed E-state index contributed by atoms with van der Waals surface area (Å²) in [6.07, 6.45) is 2.31. The third-order valence-corrected chi connectivity index (χ3v) is 9.35. The van der Waals surface area contributed by atoms with Crippen LogP contribution in [-0.2, 0) is 19.9 Å². The fourth-order valence-corrected chi connectivity index (χ4v) is 7.76. The summed E-state index contributed by atoms with van der Waals surface area (Å²) in [5.41, 5.74) is -1.21. The number of nitrogens with zero attached hydrogens (tertiary/aromatic N) is 1. The van der Waals surface area contributed by atoms with Crippen molar-refractivity contribution in [2.75, 3.05) is 17.2 Å². The van der Waals surface area contributed by atoms with Crippen LogP contribution in [0.25, 0.3) is 0 Å². The number of carboxylic acid groups (broad SMARTS) is 1. The highest BCUT2D eigenvalue weighted by molar-refractivity contribution is 6.38. The lowest BCUT2D eigenvalue weighted by atomic mass is 9.73. The van der Waals surface area contributed by atoms with Crippen molar-refractivity contribution in [3.8, 4) is 5.75 Å². The Balaban J connectivity index is 1.44. The van der Waals surface area contributed by atoms with Gasteiger partial charge >= 0.3 is 12.6 Å². The van der Waals surface area contributed by atoms with Gasteiger partial charge in [0.1, 0.15) is 11.5 Å². The lowest BCUT2D eigenvalue weighted by Gasteiger charge is -2.36. The molecule has 2 saturated heterocycles. The van der Waals surface area contributed by atoms with Gasteiger partial charge < -0.3 is 20.5 Å². The second-order valence-corrected chi connectivity index (χ2v) is 12.1. The molecule has 0 radical (unpaired) electrons. The number of carbonyl (C=O) groups excluding carboxylic acids is 2. The first-order valence-electron chi connectivity index (χ1n) is 11.9. The van der Waals surface area contributed by atoms with Crippen molar-refractivity contribution in [3.63, 3.8) is 0 Å². The van der Waals surface area contributed by atoms with E-state index in [1.165, 1.54) is 24.3 Å². The number of hydrogen-bond donors (Lipinski definition) is 3. The maximum absolute atomic E-state index is 13.9. The Hall–Kier alpha value is -2.37. The first-order chi connectivity index (χ1) is 18.4. The molecule has 8 nitrogen and oxygen atoms in total. The third kappa shape index (κ3) is 3.98. The van der Waals surface area contributed by atoms with Crippen molar-refractivity contribution < 1.29 is 33.0 Å². The molecule has 2 amide bonds. The van der Waals surface area contributed by atoms with Crippen molar-refractivity contribution in [1.29, 1.82) is 0 Å². The molecule has 0 aromatic heterocycles. The monoisotopic (exact) mass is 619 g/mol. The fourth-order valence-electron chi connectivity index (χ4n) is 6.65. The average molecular weight is 621 g/mol. The van der Waals surface area contributed by atoms with E-state index in [4.69, 9.17) is 46.4 Å². The van der Waals surface area contributed by atoms with E-state index in [9.17, 15) is 28.3 Å². The zero-order valence-corrected chi connectivity index (χ0v) is 22.8. The molecule has 6 rings (SSSR count). The van der Waals surface area contributed by atoms with Crippen LogP contribution in [0.2, 0.25) is 20.1 Å². The van der Waals surface area contributed by atoms with E-state index in [1.54, 1.807) is 0 Å². The summed E-state index contributed by atoms with van der Waals surface area (Å²) < 4.78 is 29.8. The highest BCUT2D eigenvalue weighted by atomic mass is 35.5. The van der Waals surface area contributed by atoms with E-state index < -0.39 is 53.6 Å². The molecule has 39 heavy (non-hydrogen) atoms. The molecule has 4 unspecified atom stereocenters. The van der Waals surface area contributed by atoms with Gasteiger partial charge in [-0.3, -0.25) is 19.3 Å². The Morgan fingerprint density at radius 2 is 1.77 bits per heavy atom. The third-order valence-electron chi connectivity index (χ3n) is 8.27. The van der Waals surface area contributed by atoms with E-state index in [0.717, 1.165) is 12.8 Å². The summed E-state index contributed by atoms with van der Waals surface area (Å²) in [6.45, 7) is -2.74. The molecule has 2 spiro atoms. The van der Waals surface area contributed by atoms with Gasteiger partial charge in [-0.1, -0.05) is 46.4 Å². The molecule has 2 aromatic rings. The van der Waals surface area contributed by atoms with Gasteiger partial charge in [-0.2, -0.15) is 8.78 Å². The smallest absolute Gasteiger partial charge is 0.387 e. The Kier molecular flexibility index (Phi) is 6.24. The van der Waals surface area contributed by atoms with Crippen LogP contribution in [0.5, 0.6) is 5.75 Å². The molecule has 0 bridgehead atoms. The van der Waals surface area contributed by atoms with Crippen LogP contribution in [0, 0.1) is 17.3 Å². The van der Waals surface area contributed by atoms with Crippen LogP contribution in [0.4, 0.5) is 20.2 Å². The molecule has 14 heteroatoms. The molecule has 1 saturated carbocycles. The number of alkyl halides is 2. The van der Waals surface area contributed by atoms with E-state index in [2.05, 4.69) is 15.4 Å². The molecule has 2 aromatic carbocycles. The van der Waals surface area contributed by atoms with Gasteiger partial charge in [0.05, 0.1) is 26.7 Å². The second-order valence-electron chi connectivity index (χ2n) is 10.4. The topological polar surface area (TPSA) is 108 Å². The number of carboxylic acids is 1. The summed E-state index contributed by atoms with van der Waals surface area (Å²) in [6, 6.07) is 4.74. The summed E-state index contributed by atoms with van der Waals surface area (Å²) >= 11 is 24.8.